The molecule has 0 N–H and O–H groups in total. The molecule has 0 saturated heterocycles. The van der Waals surface area contributed by atoms with E-state index in [0.717, 1.165) is 83.5 Å². The molecule has 1 atom stereocenters. The predicted molar refractivity (Wildman–Crippen MR) is 292 cm³/mol. The summed E-state index contributed by atoms with van der Waals surface area (Å²) < 4.78 is 16.7. The minimum absolute atomic E-state index is 0.137. The molecule has 0 amide bonds. The number of allylic oxidation sites excluding steroid dienone is 26. The number of esters is 3. The number of carbonyl (C=O) groups is 3. The molecular weight excluding hydrogens is 841 g/mol. The molecule has 6 nitrogen and oxygen atoms in total. The van der Waals surface area contributed by atoms with E-state index in [2.05, 4.69) is 99.8 Å². The average molecular weight is 935 g/mol. The highest BCUT2D eigenvalue weighted by Gasteiger charge is 2.19. The molecule has 0 rings (SSSR count). The summed E-state index contributed by atoms with van der Waals surface area (Å²) >= 11 is 0. The first-order valence-corrected chi connectivity index (χ1v) is 26.6. The lowest BCUT2D eigenvalue weighted by molar-refractivity contribution is -0.166. The van der Waals surface area contributed by atoms with Crippen LogP contribution >= 0.6 is 0 Å². The first-order valence-electron chi connectivity index (χ1n) is 26.6. The van der Waals surface area contributed by atoms with E-state index >= 15 is 0 Å². The van der Waals surface area contributed by atoms with Gasteiger partial charge in [0.2, 0.25) is 0 Å². The highest BCUT2D eigenvalue weighted by molar-refractivity contribution is 5.71. The van der Waals surface area contributed by atoms with E-state index in [1.54, 1.807) is 0 Å². The lowest BCUT2D eigenvalue weighted by Crippen LogP contribution is -2.30. The second-order valence-corrected chi connectivity index (χ2v) is 17.0. The van der Waals surface area contributed by atoms with Gasteiger partial charge in [0.1, 0.15) is 13.2 Å². The summed E-state index contributed by atoms with van der Waals surface area (Å²) in [5.41, 5.74) is 0. The molecule has 0 fully saturated rings. The minimum atomic E-state index is -0.840. The molecule has 0 aromatic carbocycles. The molecule has 0 radical (unpaired) electrons. The van der Waals surface area contributed by atoms with Crippen LogP contribution in [0.15, 0.2) is 158 Å². The Morgan fingerprint density at radius 3 is 1.15 bits per heavy atom. The fraction of sp³-hybridized carbons (Fsp3) is 0.532. The van der Waals surface area contributed by atoms with Crippen molar-refractivity contribution in [1.82, 2.24) is 0 Å². The van der Waals surface area contributed by atoms with Crippen molar-refractivity contribution in [3.63, 3.8) is 0 Å². The maximum absolute atomic E-state index is 12.8. The Bertz CT molecular complexity index is 1590. The third kappa shape index (κ3) is 52.0. The number of unbranched alkanes of at least 4 members (excludes halogenated alkanes) is 17. The third-order valence-corrected chi connectivity index (χ3v) is 10.5. The van der Waals surface area contributed by atoms with Crippen molar-refractivity contribution in [3.05, 3.63) is 158 Å². The van der Waals surface area contributed by atoms with Crippen molar-refractivity contribution >= 4 is 17.9 Å². The highest BCUT2D eigenvalue weighted by Crippen LogP contribution is 2.12. The highest BCUT2D eigenvalue weighted by atomic mass is 16.6. The number of carbonyl (C=O) groups excluding carboxylic acids is 3. The minimum Gasteiger partial charge on any atom is -0.462 e. The maximum atomic E-state index is 12.8. The summed E-state index contributed by atoms with van der Waals surface area (Å²) in [6, 6.07) is 0. The van der Waals surface area contributed by atoms with Crippen LogP contribution in [0.4, 0.5) is 0 Å². The van der Waals surface area contributed by atoms with Crippen LogP contribution in [0.1, 0.15) is 194 Å². The first-order chi connectivity index (χ1) is 33.5. The number of hydrogen-bond donors (Lipinski definition) is 0. The second kappa shape index (κ2) is 54.6. The smallest absolute Gasteiger partial charge is 0.306 e. The molecule has 0 aliphatic rings. The van der Waals surface area contributed by atoms with E-state index < -0.39 is 6.10 Å². The van der Waals surface area contributed by atoms with Crippen molar-refractivity contribution in [2.75, 3.05) is 13.2 Å². The van der Waals surface area contributed by atoms with Crippen LogP contribution in [-0.2, 0) is 28.6 Å². The van der Waals surface area contributed by atoms with Crippen LogP contribution in [0.2, 0.25) is 0 Å². The normalized spacial score (nSPS) is 13.4. The summed E-state index contributed by atoms with van der Waals surface area (Å²) in [4.78, 5) is 38.0. The Balaban J connectivity index is 4.64. The Hall–Kier alpha value is -4.97. The molecule has 0 heterocycles. The monoisotopic (exact) mass is 935 g/mol. The van der Waals surface area contributed by atoms with E-state index in [1.807, 2.05) is 79.0 Å². The van der Waals surface area contributed by atoms with Gasteiger partial charge in [0.05, 0.1) is 0 Å². The van der Waals surface area contributed by atoms with Gasteiger partial charge in [-0.15, -0.1) is 0 Å². The summed E-state index contributed by atoms with van der Waals surface area (Å²) in [5, 5.41) is 0. The van der Waals surface area contributed by atoms with E-state index in [9.17, 15) is 14.4 Å². The van der Waals surface area contributed by atoms with Crippen LogP contribution in [0, 0.1) is 0 Å². The van der Waals surface area contributed by atoms with Crippen LogP contribution in [0.25, 0.3) is 0 Å². The zero-order valence-electron chi connectivity index (χ0n) is 43.0. The zero-order chi connectivity index (χ0) is 49.3. The van der Waals surface area contributed by atoms with Crippen LogP contribution < -0.4 is 0 Å². The summed E-state index contributed by atoms with van der Waals surface area (Å²) in [6.45, 7) is 6.31. The van der Waals surface area contributed by atoms with Gasteiger partial charge in [0.25, 0.3) is 0 Å². The predicted octanol–water partition coefficient (Wildman–Crippen LogP) is 17.8. The fourth-order valence-electron chi connectivity index (χ4n) is 6.55. The molecule has 378 valence electrons. The van der Waals surface area contributed by atoms with Crippen molar-refractivity contribution in [1.29, 1.82) is 0 Å². The van der Waals surface area contributed by atoms with Crippen LogP contribution in [0.3, 0.4) is 0 Å². The van der Waals surface area contributed by atoms with E-state index in [1.165, 1.54) is 57.8 Å². The molecule has 0 aromatic rings. The summed E-state index contributed by atoms with van der Waals surface area (Å²) in [6.07, 6.45) is 79.4. The third-order valence-electron chi connectivity index (χ3n) is 10.5. The van der Waals surface area contributed by atoms with Crippen molar-refractivity contribution in [3.8, 4) is 0 Å². The van der Waals surface area contributed by atoms with Gasteiger partial charge in [-0.25, -0.2) is 0 Å². The van der Waals surface area contributed by atoms with Crippen LogP contribution in [0.5, 0.6) is 0 Å². The summed E-state index contributed by atoms with van der Waals surface area (Å²) in [7, 11) is 0. The fourth-order valence-corrected chi connectivity index (χ4v) is 6.55. The molecule has 0 aliphatic carbocycles. The molecule has 6 heteroatoms. The number of rotatable bonds is 45. The van der Waals surface area contributed by atoms with Gasteiger partial charge in [0.15, 0.2) is 6.10 Å². The van der Waals surface area contributed by atoms with Crippen LogP contribution in [-0.4, -0.2) is 37.2 Å². The SMILES string of the molecule is CC/C=C/C=C/C=C/C=C/C=C/C=C/C=C/CCCCCC(=O)OCC(COC(=O)CC/C=C/C/C=C/CCCCCCCC)OC(=O)CCCCCCC/C=C/C=C/C=C/C=C/CCCCC. The molecule has 0 saturated carbocycles. The average Bonchev–Trinajstić information content (AvgIpc) is 3.34. The molecule has 0 spiro atoms. The van der Waals surface area contributed by atoms with E-state index in [4.69, 9.17) is 14.2 Å². The Morgan fingerprint density at radius 1 is 0.324 bits per heavy atom. The Labute approximate surface area is 416 Å². The van der Waals surface area contributed by atoms with Gasteiger partial charge in [0, 0.05) is 19.3 Å². The Morgan fingerprint density at radius 2 is 0.662 bits per heavy atom. The standard InChI is InChI=1S/C62H94O6/c1-4-7-10-13-16-19-22-25-27-29-31-33-34-37-40-43-46-49-52-55-61(64)67-58-59(57-66-60(63)54-51-48-45-42-39-36-24-21-18-15-12-9-6-3)68-62(65)56-53-50-47-44-41-38-35-32-30-28-26-23-20-17-14-11-8-5-2/h7,10,13,16-17,19-20,22-23,25-37,39-40,45,48,59H,4-6,8-9,11-12,14-15,18,21,24,38,41-44,46-47,49-58H2,1-3H3/b10-7+,16-13+,20-17+,22-19+,26-23+,27-25+,30-28+,31-29+,34-33+,35-32+,39-36+,40-37+,48-45+. The van der Waals surface area contributed by atoms with Gasteiger partial charge in [-0.2, -0.15) is 0 Å². The molecule has 1 unspecified atom stereocenters. The van der Waals surface area contributed by atoms with Crippen molar-refractivity contribution in [2.45, 2.75) is 200 Å². The largest absolute Gasteiger partial charge is 0.462 e. The van der Waals surface area contributed by atoms with E-state index in [-0.39, 0.29) is 50.4 Å². The number of ether oxygens (including phenoxy) is 3. The van der Waals surface area contributed by atoms with E-state index in [0.29, 0.717) is 12.8 Å². The van der Waals surface area contributed by atoms with Crippen molar-refractivity contribution < 1.29 is 28.6 Å². The topological polar surface area (TPSA) is 78.9 Å². The maximum Gasteiger partial charge on any atom is 0.306 e. The van der Waals surface area contributed by atoms with Gasteiger partial charge in [-0.1, -0.05) is 249 Å². The molecule has 0 aromatic heterocycles. The molecular formula is C62H94O6. The van der Waals surface area contributed by atoms with Gasteiger partial charge < -0.3 is 14.2 Å². The number of hydrogen-bond acceptors (Lipinski definition) is 6. The molecule has 0 aliphatic heterocycles. The molecule has 68 heavy (non-hydrogen) atoms. The van der Waals surface area contributed by atoms with Gasteiger partial charge in [-0.3, -0.25) is 14.4 Å². The quantitative estimate of drug-likeness (QED) is 0.0199. The summed E-state index contributed by atoms with van der Waals surface area (Å²) in [5.74, 6) is -1.08. The van der Waals surface area contributed by atoms with Crippen molar-refractivity contribution in [2.24, 2.45) is 0 Å². The lowest BCUT2D eigenvalue weighted by Gasteiger charge is -2.18. The lowest BCUT2D eigenvalue weighted by atomic mass is 10.1. The Kier molecular flexibility index (Phi) is 50.6. The molecule has 0 bridgehead atoms. The van der Waals surface area contributed by atoms with Gasteiger partial charge in [-0.05, 0) is 83.5 Å². The van der Waals surface area contributed by atoms with Gasteiger partial charge >= 0.3 is 17.9 Å². The zero-order valence-corrected chi connectivity index (χ0v) is 43.0. The second-order valence-electron chi connectivity index (χ2n) is 17.0. The first kappa shape index (κ1) is 63.0.